The predicted octanol–water partition coefficient (Wildman–Crippen LogP) is 3.20. The number of para-hydroxylation sites is 1. The van der Waals surface area contributed by atoms with E-state index < -0.39 is 0 Å². The van der Waals surface area contributed by atoms with Crippen molar-refractivity contribution in [1.29, 1.82) is 0 Å². The van der Waals surface area contributed by atoms with Gasteiger partial charge in [0.25, 0.3) is 0 Å². The first-order valence-corrected chi connectivity index (χ1v) is 4.99. The molecule has 2 aromatic carbocycles. The molecule has 4 rings (SSSR count). The number of benzene rings is 2. The van der Waals surface area contributed by atoms with E-state index >= 15 is 0 Å². The summed E-state index contributed by atoms with van der Waals surface area (Å²) in [7, 11) is 0. The van der Waals surface area contributed by atoms with Crippen LogP contribution in [0.5, 0.6) is 5.75 Å². The fourth-order valence-corrected chi connectivity index (χ4v) is 2.29. The molecule has 0 fully saturated rings. The summed E-state index contributed by atoms with van der Waals surface area (Å²) in [5, 5.41) is 12.0. The second-order valence-electron chi connectivity index (χ2n) is 4.01. The lowest BCUT2D eigenvalue weighted by atomic mass is 10.1. The van der Waals surface area contributed by atoms with Gasteiger partial charge >= 0.3 is 0 Å². The number of aromatic hydroxyl groups is 1. The maximum Gasteiger partial charge on any atom is 0.177 e. The number of phenolic OH excluding ortho intramolecular Hbond substituents is 1. The third kappa shape index (κ3) is 0.796. The summed E-state index contributed by atoms with van der Waals surface area (Å²) < 4.78 is 5.65. The van der Waals surface area contributed by atoms with Crippen LogP contribution < -0.4 is 0 Å². The molecule has 0 bridgehead atoms. The van der Waals surface area contributed by atoms with Crippen LogP contribution in [0.2, 0.25) is 0 Å². The summed E-state index contributed by atoms with van der Waals surface area (Å²) in [6.45, 7) is 0. The van der Waals surface area contributed by atoms with Gasteiger partial charge in [-0.05, 0) is 29.7 Å². The zero-order chi connectivity index (χ0) is 9.99. The van der Waals surface area contributed by atoms with E-state index in [4.69, 9.17) is 4.42 Å². The van der Waals surface area contributed by atoms with E-state index in [2.05, 4.69) is 0 Å². The molecule has 0 spiro atoms. The van der Waals surface area contributed by atoms with Gasteiger partial charge in [-0.3, -0.25) is 0 Å². The molecule has 0 amide bonds. The molecule has 72 valence electrons. The third-order valence-corrected chi connectivity index (χ3v) is 3.07. The van der Waals surface area contributed by atoms with Gasteiger partial charge in [-0.1, -0.05) is 18.2 Å². The van der Waals surface area contributed by atoms with Gasteiger partial charge in [-0.15, -0.1) is 0 Å². The zero-order valence-electron chi connectivity index (χ0n) is 7.95. The Balaban J connectivity index is 2.38. The second kappa shape index (κ2) is 2.16. The largest absolute Gasteiger partial charge is 0.504 e. The van der Waals surface area contributed by atoms with Crippen molar-refractivity contribution in [2.24, 2.45) is 0 Å². The van der Waals surface area contributed by atoms with Gasteiger partial charge in [0.1, 0.15) is 5.58 Å². The van der Waals surface area contributed by atoms with Gasteiger partial charge in [0.15, 0.2) is 11.3 Å². The van der Waals surface area contributed by atoms with E-state index in [0.29, 0.717) is 5.58 Å². The maximum absolute atomic E-state index is 9.79. The van der Waals surface area contributed by atoms with E-state index in [1.165, 1.54) is 11.1 Å². The van der Waals surface area contributed by atoms with Gasteiger partial charge < -0.3 is 9.52 Å². The Hall–Kier alpha value is -1.96. The number of rotatable bonds is 0. The molecule has 0 saturated heterocycles. The Bertz CT molecular complexity index is 707. The molecule has 2 heteroatoms. The first-order valence-electron chi connectivity index (χ1n) is 4.99. The van der Waals surface area contributed by atoms with Crippen molar-refractivity contribution in [3.63, 3.8) is 0 Å². The van der Waals surface area contributed by atoms with Crippen LogP contribution >= 0.6 is 0 Å². The number of fused-ring (bicyclic) bond motifs is 5. The van der Waals surface area contributed by atoms with Gasteiger partial charge in [-0.25, -0.2) is 0 Å². The third-order valence-electron chi connectivity index (χ3n) is 3.07. The maximum atomic E-state index is 9.79. The molecule has 1 aromatic heterocycles. The highest BCUT2D eigenvalue weighted by atomic mass is 16.4. The molecule has 1 aliphatic carbocycles. The highest BCUT2D eigenvalue weighted by Crippen LogP contribution is 2.45. The highest BCUT2D eigenvalue weighted by molar-refractivity contribution is 6.10. The van der Waals surface area contributed by atoms with Gasteiger partial charge in [0, 0.05) is 10.8 Å². The summed E-state index contributed by atoms with van der Waals surface area (Å²) in [5.74, 6) is 0.262. The average Bonchev–Trinajstić information content (AvgIpc) is 2.90. The normalized spacial score (nSPS) is 13.3. The van der Waals surface area contributed by atoms with Crippen LogP contribution in [-0.4, -0.2) is 5.11 Å². The van der Waals surface area contributed by atoms with Crippen molar-refractivity contribution in [2.45, 2.75) is 6.42 Å². The monoisotopic (exact) mass is 196 g/mol. The lowest BCUT2D eigenvalue weighted by Crippen LogP contribution is -1.66. The Morgan fingerprint density at radius 2 is 2.07 bits per heavy atom. The van der Waals surface area contributed by atoms with Crippen LogP contribution in [0, 0.1) is 0 Å². The average molecular weight is 196 g/mol. The Morgan fingerprint density at radius 3 is 3.00 bits per heavy atom. The van der Waals surface area contributed by atoms with Gasteiger partial charge in [0.2, 0.25) is 0 Å². The van der Waals surface area contributed by atoms with Crippen LogP contribution in [0.15, 0.2) is 34.7 Å². The molecule has 1 N–H and O–H groups in total. The highest BCUT2D eigenvalue weighted by Gasteiger charge is 2.26. The Kier molecular flexibility index (Phi) is 1.06. The molecular weight excluding hydrogens is 188 g/mol. The van der Waals surface area contributed by atoms with Crippen molar-refractivity contribution in [3.8, 4) is 5.75 Å². The van der Waals surface area contributed by atoms with Crippen molar-refractivity contribution < 1.29 is 9.52 Å². The van der Waals surface area contributed by atoms with E-state index in [0.717, 1.165) is 22.8 Å². The molecule has 0 saturated carbocycles. The Labute approximate surface area is 85.7 Å². The summed E-state index contributed by atoms with van der Waals surface area (Å²) in [5.41, 5.74) is 4.05. The molecule has 0 unspecified atom stereocenters. The minimum atomic E-state index is 0.262. The van der Waals surface area contributed by atoms with Crippen molar-refractivity contribution in [3.05, 3.63) is 41.5 Å². The summed E-state index contributed by atoms with van der Waals surface area (Å²) in [6.07, 6.45) is 0.987. The van der Waals surface area contributed by atoms with E-state index in [9.17, 15) is 5.11 Å². The number of hydrogen-bond acceptors (Lipinski definition) is 2. The molecule has 1 aliphatic rings. The summed E-state index contributed by atoms with van der Waals surface area (Å²) in [6, 6.07) is 9.72. The minimum Gasteiger partial charge on any atom is -0.504 e. The first-order chi connectivity index (χ1) is 7.34. The SMILES string of the molecule is Oc1cc2c(c3c1oc1ccccc13)C2. The van der Waals surface area contributed by atoms with Crippen LogP contribution in [0.25, 0.3) is 21.9 Å². The smallest absolute Gasteiger partial charge is 0.177 e. The van der Waals surface area contributed by atoms with Gasteiger partial charge in [0.05, 0.1) is 0 Å². The molecule has 0 radical (unpaired) electrons. The molecule has 0 aliphatic heterocycles. The zero-order valence-corrected chi connectivity index (χ0v) is 7.95. The molecule has 1 heterocycles. The fourth-order valence-electron chi connectivity index (χ4n) is 2.29. The van der Waals surface area contributed by atoms with E-state index in [1.54, 1.807) is 6.07 Å². The number of hydrogen-bond donors (Lipinski definition) is 1. The quantitative estimate of drug-likeness (QED) is 0.468. The van der Waals surface area contributed by atoms with Gasteiger partial charge in [-0.2, -0.15) is 0 Å². The van der Waals surface area contributed by atoms with Crippen molar-refractivity contribution >= 4 is 21.9 Å². The lowest BCUT2D eigenvalue weighted by Gasteiger charge is -1.90. The van der Waals surface area contributed by atoms with Crippen LogP contribution in [0.1, 0.15) is 11.1 Å². The van der Waals surface area contributed by atoms with Crippen molar-refractivity contribution in [2.75, 3.05) is 0 Å². The summed E-state index contributed by atoms with van der Waals surface area (Å²) in [4.78, 5) is 0. The van der Waals surface area contributed by atoms with E-state index in [1.807, 2.05) is 24.3 Å². The first kappa shape index (κ1) is 7.35. The van der Waals surface area contributed by atoms with Crippen LogP contribution in [0.4, 0.5) is 0 Å². The molecule has 2 nitrogen and oxygen atoms in total. The number of furan rings is 1. The molecular formula is C13H8O2. The standard InChI is InChI=1S/C13H8O2/c14-10-6-7-5-9(7)12-8-3-1-2-4-11(8)15-13(10)12/h1-4,6,14H,5H2. The Morgan fingerprint density at radius 1 is 1.20 bits per heavy atom. The molecule has 0 atom stereocenters. The summed E-state index contributed by atoms with van der Waals surface area (Å²) >= 11 is 0. The van der Waals surface area contributed by atoms with Crippen LogP contribution in [0.3, 0.4) is 0 Å². The van der Waals surface area contributed by atoms with Crippen LogP contribution in [-0.2, 0) is 6.42 Å². The van der Waals surface area contributed by atoms with E-state index in [-0.39, 0.29) is 5.75 Å². The number of phenols is 1. The van der Waals surface area contributed by atoms with Crippen molar-refractivity contribution in [1.82, 2.24) is 0 Å². The topological polar surface area (TPSA) is 33.4 Å². The second-order valence-corrected chi connectivity index (χ2v) is 4.01. The lowest BCUT2D eigenvalue weighted by molar-refractivity contribution is 0.469. The minimum absolute atomic E-state index is 0.262. The molecule has 15 heavy (non-hydrogen) atoms. The predicted molar refractivity (Wildman–Crippen MR) is 58.2 cm³/mol. The molecule has 3 aromatic rings. The fraction of sp³-hybridized carbons (Fsp3) is 0.0769.